The zero-order chi connectivity index (χ0) is 17.6. The molecule has 124 valence electrons. The summed E-state index contributed by atoms with van der Waals surface area (Å²) in [5.41, 5.74) is 1.00. The van der Waals surface area contributed by atoms with Crippen molar-refractivity contribution in [3.8, 4) is 11.8 Å². The summed E-state index contributed by atoms with van der Waals surface area (Å²) in [7, 11) is 0. The second-order valence-electron chi connectivity index (χ2n) is 5.19. The van der Waals surface area contributed by atoms with Crippen LogP contribution in [0.2, 0.25) is 0 Å². The second kappa shape index (κ2) is 7.23. The quantitative estimate of drug-likeness (QED) is 0.758. The van der Waals surface area contributed by atoms with Crippen LogP contribution in [0.5, 0.6) is 0 Å². The molecule has 0 fully saturated rings. The van der Waals surface area contributed by atoms with Crippen LogP contribution >= 0.6 is 0 Å². The molecule has 1 heterocycles. The molecular formula is C17H14N6O2. The molecule has 8 heteroatoms. The maximum atomic E-state index is 12.3. The monoisotopic (exact) mass is 334 g/mol. The first-order valence-corrected chi connectivity index (χ1v) is 7.56. The van der Waals surface area contributed by atoms with Gasteiger partial charge in [0, 0.05) is 6.42 Å². The Morgan fingerprint density at radius 2 is 1.80 bits per heavy atom. The first kappa shape index (κ1) is 16.1. The summed E-state index contributed by atoms with van der Waals surface area (Å²) in [5.74, 6) is -0.316. The van der Waals surface area contributed by atoms with E-state index in [1.807, 2.05) is 12.1 Å². The van der Waals surface area contributed by atoms with Crippen molar-refractivity contribution in [1.82, 2.24) is 19.8 Å². The molecule has 0 atom stereocenters. The summed E-state index contributed by atoms with van der Waals surface area (Å²) in [6, 6.07) is 17.6. The molecule has 1 aromatic heterocycles. The maximum absolute atomic E-state index is 12.3. The number of carbonyl (C=O) groups excluding carboxylic acids is 1. The summed E-state index contributed by atoms with van der Waals surface area (Å²) in [6.07, 6.45) is 0.0349. The summed E-state index contributed by atoms with van der Waals surface area (Å²) >= 11 is 0. The van der Waals surface area contributed by atoms with Crippen molar-refractivity contribution in [3.63, 3.8) is 0 Å². The van der Waals surface area contributed by atoms with E-state index in [0.29, 0.717) is 16.9 Å². The Balaban J connectivity index is 1.66. The average molecular weight is 334 g/mol. The number of carbonyl (C=O) groups is 1. The van der Waals surface area contributed by atoms with Crippen LogP contribution in [0.1, 0.15) is 12.0 Å². The van der Waals surface area contributed by atoms with Crippen LogP contribution in [0.3, 0.4) is 0 Å². The smallest absolute Gasteiger partial charge is 0.325 e. The van der Waals surface area contributed by atoms with Gasteiger partial charge < -0.3 is 5.32 Å². The molecule has 0 spiro atoms. The molecule has 1 N–H and O–H groups in total. The summed E-state index contributed by atoms with van der Waals surface area (Å²) < 4.78 is 2.30. The molecule has 0 unspecified atom stereocenters. The molecular weight excluding hydrogens is 320 g/mol. The number of anilines is 1. The fourth-order valence-electron chi connectivity index (χ4n) is 2.26. The van der Waals surface area contributed by atoms with E-state index in [1.165, 1.54) is 4.68 Å². The summed E-state index contributed by atoms with van der Waals surface area (Å²) in [4.78, 5) is 24.3. The lowest BCUT2D eigenvalue weighted by atomic mass is 10.2. The topological polar surface area (TPSA) is 106 Å². The van der Waals surface area contributed by atoms with Gasteiger partial charge in [-0.05, 0) is 34.7 Å². The number of tetrazole rings is 1. The Labute approximate surface area is 142 Å². The van der Waals surface area contributed by atoms with Crippen LogP contribution in [0.4, 0.5) is 5.69 Å². The second-order valence-corrected chi connectivity index (χ2v) is 5.19. The highest BCUT2D eigenvalue weighted by Crippen LogP contribution is 2.13. The Morgan fingerprint density at radius 1 is 1.08 bits per heavy atom. The molecule has 1 amide bonds. The first-order chi connectivity index (χ1) is 12.2. The van der Waals surface area contributed by atoms with Crippen molar-refractivity contribution in [2.24, 2.45) is 0 Å². The normalized spacial score (nSPS) is 10.2. The fourth-order valence-corrected chi connectivity index (χ4v) is 2.26. The van der Waals surface area contributed by atoms with Gasteiger partial charge in [-0.1, -0.05) is 30.3 Å². The number of nitrogens with zero attached hydrogens (tertiary/aromatic N) is 5. The Kier molecular flexibility index (Phi) is 4.67. The van der Waals surface area contributed by atoms with E-state index in [9.17, 15) is 9.59 Å². The number of benzene rings is 2. The first-order valence-electron chi connectivity index (χ1n) is 7.56. The zero-order valence-electron chi connectivity index (χ0n) is 13.2. The molecule has 3 aromatic rings. The van der Waals surface area contributed by atoms with Crippen LogP contribution in [-0.4, -0.2) is 25.7 Å². The third-order valence-electron chi connectivity index (χ3n) is 3.51. The minimum atomic E-state index is -0.420. The van der Waals surface area contributed by atoms with E-state index in [0.717, 1.165) is 4.68 Å². The van der Waals surface area contributed by atoms with Crippen molar-refractivity contribution >= 4 is 11.6 Å². The van der Waals surface area contributed by atoms with Crippen LogP contribution in [0.25, 0.3) is 5.69 Å². The Morgan fingerprint density at radius 3 is 2.56 bits per heavy atom. The molecule has 0 bridgehead atoms. The third-order valence-corrected chi connectivity index (χ3v) is 3.51. The van der Waals surface area contributed by atoms with E-state index in [-0.39, 0.29) is 18.9 Å². The number of hydrogen-bond donors (Lipinski definition) is 1. The molecule has 0 aliphatic rings. The van der Waals surface area contributed by atoms with Gasteiger partial charge in [0.2, 0.25) is 5.91 Å². The van der Waals surface area contributed by atoms with Crippen molar-refractivity contribution in [1.29, 1.82) is 5.26 Å². The molecule has 0 saturated heterocycles. The standard InChI is InChI=1S/C17H14N6O2/c18-12-13-6-4-5-9-15(13)19-16(24)10-11-22-17(25)23(21-20-22)14-7-2-1-3-8-14/h1-9H,10-11H2,(H,19,24). The van der Waals surface area contributed by atoms with Crippen LogP contribution in [-0.2, 0) is 11.3 Å². The molecule has 0 aliphatic heterocycles. The van der Waals surface area contributed by atoms with Gasteiger partial charge in [-0.3, -0.25) is 4.79 Å². The number of aromatic nitrogens is 4. The van der Waals surface area contributed by atoms with E-state index in [2.05, 4.69) is 15.7 Å². The van der Waals surface area contributed by atoms with Gasteiger partial charge in [0.05, 0.1) is 23.5 Å². The zero-order valence-corrected chi connectivity index (χ0v) is 13.2. The molecule has 8 nitrogen and oxygen atoms in total. The fraction of sp³-hybridized carbons (Fsp3) is 0.118. The van der Waals surface area contributed by atoms with Crippen molar-refractivity contribution in [2.45, 2.75) is 13.0 Å². The van der Waals surface area contributed by atoms with E-state index < -0.39 is 5.69 Å². The minimum Gasteiger partial charge on any atom is -0.325 e. The number of hydrogen-bond acceptors (Lipinski definition) is 5. The van der Waals surface area contributed by atoms with Crippen molar-refractivity contribution in [3.05, 3.63) is 70.6 Å². The molecule has 2 aromatic carbocycles. The minimum absolute atomic E-state index is 0.0349. The lowest BCUT2D eigenvalue weighted by Crippen LogP contribution is -2.26. The number of nitriles is 1. The van der Waals surface area contributed by atoms with Crippen LogP contribution in [0, 0.1) is 11.3 Å². The number of rotatable bonds is 5. The van der Waals surface area contributed by atoms with Gasteiger partial charge in [-0.25, -0.2) is 4.79 Å². The van der Waals surface area contributed by atoms with Gasteiger partial charge in [0.1, 0.15) is 6.07 Å². The van der Waals surface area contributed by atoms with E-state index in [1.54, 1.807) is 48.5 Å². The summed E-state index contributed by atoms with van der Waals surface area (Å²) in [5, 5.41) is 19.3. The van der Waals surface area contributed by atoms with Gasteiger partial charge in [-0.2, -0.15) is 14.6 Å². The number of para-hydroxylation sites is 2. The SMILES string of the molecule is N#Cc1ccccc1NC(=O)CCn1nnn(-c2ccccc2)c1=O. The third kappa shape index (κ3) is 3.61. The maximum Gasteiger partial charge on any atom is 0.368 e. The molecule has 3 rings (SSSR count). The van der Waals surface area contributed by atoms with Crippen LogP contribution < -0.4 is 11.0 Å². The molecule has 0 aliphatic carbocycles. The highest BCUT2D eigenvalue weighted by molar-refractivity contribution is 5.91. The summed E-state index contributed by atoms with van der Waals surface area (Å²) in [6.45, 7) is 0.0895. The number of amides is 1. The van der Waals surface area contributed by atoms with Gasteiger partial charge in [-0.15, -0.1) is 0 Å². The van der Waals surface area contributed by atoms with Gasteiger partial charge >= 0.3 is 5.69 Å². The number of nitrogens with one attached hydrogen (secondary N) is 1. The van der Waals surface area contributed by atoms with Crippen molar-refractivity contribution in [2.75, 3.05) is 5.32 Å². The predicted octanol–water partition coefficient (Wildman–Crippen LogP) is 1.33. The molecule has 0 radical (unpaired) electrons. The molecule has 0 saturated carbocycles. The van der Waals surface area contributed by atoms with E-state index in [4.69, 9.17) is 5.26 Å². The van der Waals surface area contributed by atoms with E-state index >= 15 is 0 Å². The van der Waals surface area contributed by atoms with Crippen LogP contribution in [0.15, 0.2) is 59.4 Å². The Bertz CT molecular complexity index is 984. The predicted molar refractivity (Wildman–Crippen MR) is 90.0 cm³/mol. The highest BCUT2D eigenvalue weighted by Gasteiger charge is 2.11. The van der Waals surface area contributed by atoms with Gasteiger partial charge in [0.15, 0.2) is 0 Å². The van der Waals surface area contributed by atoms with Crippen molar-refractivity contribution < 1.29 is 4.79 Å². The molecule has 25 heavy (non-hydrogen) atoms. The largest absolute Gasteiger partial charge is 0.368 e. The number of aryl methyl sites for hydroxylation is 1. The van der Waals surface area contributed by atoms with Gasteiger partial charge in [0.25, 0.3) is 0 Å². The highest BCUT2D eigenvalue weighted by atomic mass is 16.2. The lowest BCUT2D eigenvalue weighted by Gasteiger charge is -2.06. The lowest BCUT2D eigenvalue weighted by molar-refractivity contribution is -0.116. The Hall–Kier alpha value is -3.73. The average Bonchev–Trinajstić information content (AvgIpc) is 3.02.